The molecule has 0 radical (unpaired) electrons. The van der Waals surface area contributed by atoms with Gasteiger partial charge in [-0.15, -0.1) is 12.4 Å². The van der Waals surface area contributed by atoms with Gasteiger partial charge in [0.05, 0.1) is 6.10 Å². The molecular weight excluding hydrogens is 228 g/mol. The van der Waals surface area contributed by atoms with E-state index in [0.717, 1.165) is 32.3 Å². The van der Waals surface area contributed by atoms with E-state index < -0.39 is 0 Å². The highest BCUT2D eigenvalue weighted by Gasteiger charge is 2.37. The Kier molecular flexibility index (Phi) is 5.52. The molecule has 16 heavy (non-hydrogen) atoms. The maximum atomic E-state index is 11.5. The minimum Gasteiger partial charge on any atom is -0.378 e. The lowest BCUT2D eigenvalue weighted by molar-refractivity contribution is -0.122. The highest BCUT2D eigenvalue weighted by atomic mass is 35.5. The molecule has 2 rings (SSSR count). The number of nitrogens with two attached hydrogens (primary N) is 1. The van der Waals surface area contributed by atoms with Crippen molar-refractivity contribution >= 4 is 18.3 Å². The number of carbonyl (C=O) groups is 1. The number of amides is 1. The van der Waals surface area contributed by atoms with Crippen molar-refractivity contribution in [2.24, 2.45) is 11.7 Å². The van der Waals surface area contributed by atoms with E-state index in [2.05, 4.69) is 5.32 Å². The van der Waals surface area contributed by atoms with Crippen LogP contribution in [-0.4, -0.2) is 31.2 Å². The Hall–Kier alpha value is -0.320. The minimum absolute atomic E-state index is 0. The largest absolute Gasteiger partial charge is 0.378 e. The van der Waals surface area contributed by atoms with Crippen molar-refractivity contribution in [3.05, 3.63) is 0 Å². The SMILES string of the molecule is Cl.NCCC(=O)NC1CCCC2OCCC12. The first kappa shape index (κ1) is 13.7. The van der Waals surface area contributed by atoms with Crippen molar-refractivity contribution in [3.63, 3.8) is 0 Å². The van der Waals surface area contributed by atoms with E-state index in [1.54, 1.807) is 0 Å². The summed E-state index contributed by atoms with van der Waals surface area (Å²) in [5.41, 5.74) is 5.36. The summed E-state index contributed by atoms with van der Waals surface area (Å²) < 4.78 is 5.65. The third kappa shape index (κ3) is 3.09. The number of hydrogen-bond acceptors (Lipinski definition) is 3. The fourth-order valence-electron chi connectivity index (χ4n) is 2.76. The van der Waals surface area contributed by atoms with Gasteiger partial charge in [0.15, 0.2) is 0 Å². The molecule has 0 aromatic carbocycles. The van der Waals surface area contributed by atoms with Crippen LogP contribution in [-0.2, 0) is 9.53 Å². The normalized spacial score (nSPS) is 32.7. The van der Waals surface area contributed by atoms with Crippen molar-refractivity contribution in [2.75, 3.05) is 13.2 Å². The zero-order valence-electron chi connectivity index (χ0n) is 9.48. The molecule has 1 heterocycles. The van der Waals surface area contributed by atoms with Crippen LogP contribution in [0, 0.1) is 5.92 Å². The van der Waals surface area contributed by atoms with E-state index in [1.165, 1.54) is 0 Å². The second-order valence-corrected chi connectivity index (χ2v) is 4.51. The zero-order valence-corrected chi connectivity index (χ0v) is 10.3. The van der Waals surface area contributed by atoms with Gasteiger partial charge < -0.3 is 15.8 Å². The number of halogens is 1. The number of fused-ring (bicyclic) bond motifs is 1. The topological polar surface area (TPSA) is 64.4 Å². The highest BCUT2D eigenvalue weighted by Crippen LogP contribution is 2.34. The summed E-state index contributed by atoms with van der Waals surface area (Å²) in [5.74, 6) is 0.635. The summed E-state index contributed by atoms with van der Waals surface area (Å²) >= 11 is 0. The van der Waals surface area contributed by atoms with Crippen LogP contribution in [0.1, 0.15) is 32.1 Å². The number of rotatable bonds is 3. The van der Waals surface area contributed by atoms with Gasteiger partial charge in [-0.3, -0.25) is 4.79 Å². The lowest BCUT2D eigenvalue weighted by atomic mass is 9.82. The van der Waals surface area contributed by atoms with Crippen LogP contribution in [0.2, 0.25) is 0 Å². The second kappa shape index (κ2) is 6.42. The van der Waals surface area contributed by atoms with Gasteiger partial charge in [0, 0.05) is 31.5 Å². The van der Waals surface area contributed by atoms with Crippen molar-refractivity contribution < 1.29 is 9.53 Å². The molecule has 94 valence electrons. The summed E-state index contributed by atoms with van der Waals surface area (Å²) in [6.45, 7) is 1.29. The third-order valence-corrected chi connectivity index (χ3v) is 3.50. The van der Waals surface area contributed by atoms with Crippen molar-refractivity contribution in [3.8, 4) is 0 Å². The summed E-state index contributed by atoms with van der Waals surface area (Å²) in [6, 6.07) is 0.324. The van der Waals surface area contributed by atoms with Crippen LogP contribution < -0.4 is 11.1 Å². The van der Waals surface area contributed by atoms with Gasteiger partial charge in [0.1, 0.15) is 0 Å². The Morgan fingerprint density at radius 1 is 1.38 bits per heavy atom. The quantitative estimate of drug-likeness (QED) is 0.778. The molecule has 0 aromatic rings. The fourth-order valence-corrected chi connectivity index (χ4v) is 2.76. The first-order valence-electron chi connectivity index (χ1n) is 5.92. The molecule has 1 aliphatic heterocycles. The molecule has 1 saturated carbocycles. The molecule has 0 bridgehead atoms. The maximum absolute atomic E-state index is 11.5. The zero-order chi connectivity index (χ0) is 10.7. The molecule has 5 heteroatoms. The van der Waals surface area contributed by atoms with Crippen LogP contribution in [0.25, 0.3) is 0 Å². The van der Waals surface area contributed by atoms with Crippen LogP contribution in [0.4, 0.5) is 0 Å². The Balaban J connectivity index is 0.00000128. The van der Waals surface area contributed by atoms with Crippen molar-refractivity contribution in [1.29, 1.82) is 0 Å². The van der Waals surface area contributed by atoms with Crippen LogP contribution in [0.3, 0.4) is 0 Å². The minimum atomic E-state index is 0. The van der Waals surface area contributed by atoms with Gasteiger partial charge in [-0.05, 0) is 25.7 Å². The molecule has 2 aliphatic rings. The van der Waals surface area contributed by atoms with Crippen LogP contribution >= 0.6 is 12.4 Å². The maximum Gasteiger partial charge on any atom is 0.221 e. The van der Waals surface area contributed by atoms with E-state index in [9.17, 15) is 4.79 Å². The van der Waals surface area contributed by atoms with E-state index >= 15 is 0 Å². The molecular formula is C11H21ClN2O2. The van der Waals surface area contributed by atoms with E-state index in [4.69, 9.17) is 10.5 Å². The first-order chi connectivity index (χ1) is 7.31. The van der Waals surface area contributed by atoms with Crippen LogP contribution in [0.5, 0.6) is 0 Å². The Morgan fingerprint density at radius 2 is 2.19 bits per heavy atom. The monoisotopic (exact) mass is 248 g/mol. The van der Waals surface area contributed by atoms with E-state index in [0.29, 0.717) is 31.0 Å². The first-order valence-corrected chi connectivity index (χ1v) is 5.92. The Bertz CT molecular complexity index is 238. The molecule has 0 spiro atoms. The van der Waals surface area contributed by atoms with Gasteiger partial charge in [0.25, 0.3) is 0 Å². The number of ether oxygens (including phenoxy) is 1. The molecule has 3 atom stereocenters. The lowest BCUT2D eigenvalue weighted by Crippen LogP contribution is -2.46. The van der Waals surface area contributed by atoms with Gasteiger partial charge in [-0.25, -0.2) is 0 Å². The summed E-state index contributed by atoms with van der Waals surface area (Å²) in [5, 5.41) is 3.09. The standard InChI is InChI=1S/C11H20N2O2.ClH/c12-6-4-11(14)13-9-2-1-3-10-8(9)5-7-15-10;/h8-10H,1-7,12H2,(H,13,14);1H. The molecule has 0 aromatic heterocycles. The highest BCUT2D eigenvalue weighted by molar-refractivity contribution is 5.85. The lowest BCUT2D eigenvalue weighted by Gasteiger charge is -2.33. The molecule has 3 N–H and O–H groups in total. The predicted molar refractivity (Wildman–Crippen MR) is 64.5 cm³/mol. The van der Waals surface area contributed by atoms with Gasteiger partial charge in [-0.1, -0.05) is 0 Å². The van der Waals surface area contributed by atoms with Crippen LogP contribution in [0.15, 0.2) is 0 Å². The summed E-state index contributed by atoms with van der Waals surface area (Å²) in [6.07, 6.45) is 5.35. The number of nitrogens with one attached hydrogen (secondary N) is 1. The smallest absolute Gasteiger partial charge is 0.221 e. The van der Waals surface area contributed by atoms with Gasteiger partial charge in [-0.2, -0.15) is 0 Å². The molecule has 1 aliphatic carbocycles. The second-order valence-electron chi connectivity index (χ2n) is 4.51. The Morgan fingerprint density at radius 3 is 2.94 bits per heavy atom. The van der Waals surface area contributed by atoms with Crippen molar-refractivity contribution in [2.45, 2.75) is 44.2 Å². The number of hydrogen-bond donors (Lipinski definition) is 2. The van der Waals surface area contributed by atoms with Crippen molar-refractivity contribution in [1.82, 2.24) is 5.32 Å². The molecule has 1 amide bonds. The van der Waals surface area contributed by atoms with E-state index in [1.807, 2.05) is 0 Å². The molecule has 2 fully saturated rings. The summed E-state index contributed by atoms with van der Waals surface area (Å²) in [7, 11) is 0. The molecule has 3 unspecified atom stereocenters. The van der Waals surface area contributed by atoms with Gasteiger partial charge >= 0.3 is 0 Å². The van der Waals surface area contributed by atoms with Gasteiger partial charge in [0.2, 0.25) is 5.91 Å². The predicted octanol–water partition coefficient (Wildman–Crippen LogP) is 0.831. The fraction of sp³-hybridized carbons (Fsp3) is 0.909. The average Bonchev–Trinajstić information content (AvgIpc) is 2.67. The summed E-state index contributed by atoms with van der Waals surface area (Å²) in [4.78, 5) is 11.5. The number of carbonyl (C=O) groups excluding carboxylic acids is 1. The van der Waals surface area contributed by atoms with E-state index in [-0.39, 0.29) is 18.3 Å². The average molecular weight is 249 g/mol. The Labute approximate surface area is 103 Å². The molecule has 1 saturated heterocycles. The third-order valence-electron chi connectivity index (χ3n) is 3.50. The molecule has 4 nitrogen and oxygen atoms in total.